The van der Waals surface area contributed by atoms with Gasteiger partial charge in [0.2, 0.25) is 5.88 Å². The summed E-state index contributed by atoms with van der Waals surface area (Å²) in [6, 6.07) is 13.0. The van der Waals surface area contributed by atoms with E-state index in [0.29, 0.717) is 35.9 Å². The first-order valence-corrected chi connectivity index (χ1v) is 10.6. The lowest BCUT2D eigenvalue weighted by molar-refractivity contribution is 0.122. The fourth-order valence-corrected chi connectivity index (χ4v) is 3.94. The molecular formula is C23H20N8O2. The largest absolute Gasteiger partial charge is 0.493 e. The average molecular weight is 440 g/mol. The van der Waals surface area contributed by atoms with Crippen molar-refractivity contribution in [3.8, 4) is 34.2 Å². The molecule has 0 bridgehead atoms. The summed E-state index contributed by atoms with van der Waals surface area (Å²) in [6.07, 6.45) is 6.81. The first-order valence-electron chi connectivity index (χ1n) is 10.6. The molecule has 1 N–H and O–H groups in total. The SMILES string of the molecule is Oc1cc(-c2cc(N3CCOCC3)n3nc(-c4ccncc4)cc3n2)nn1-c1cccnc1. The molecule has 0 spiro atoms. The van der Waals surface area contributed by atoms with Crippen LogP contribution in [0.2, 0.25) is 0 Å². The van der Waals surface area contributed by atoms with Gasteiger partial charge in [0.15, 0.2) is 5.65 Å². The number of aromatic nitrogens is 7. The van der Waals surface area contributed by atoms with Crippen molar-refractivity contribution in [2.45, 2.75) is 0 Å². The Morgan fingerprint density at radius 1 is 0.848 bits per heavy atom. The van der Waals surface area contributed by atoms with Crippen LogP contribution in [0.3, 0.4) is 0 Å². The van der Waals surface area contributed by atoms with E-state index in [1.807, 2.05) is 34.8 Å². The van der Waals surface area contributed by atoms with Crippen molar-refractivity contribution in [3.63, 3.8) is 0 Å². The fraction of sp³-hybridized carbons (Fsp3) is 0.174. The van der Waals surface area contributed by atoms with Crippen molar-refractivity contribution >= 4 is 11.5 Å². The minimum Gasteiger partial charge on any atom is -0.493 e. The number of pyridine rings is 2. The number of morpholine rings is 1. The van der Waals surface area contributed by atoms with Crippen LogP contribution in [0, 0.1) is 0 Å². The smallest absolute Gasteiger partial charge is 0.214 e. The van der Waals surface area contributed by atoms with Gasteiger partial charge in [-0.15, -0.1) is 0 Å². The predicted molar refractivity (Wildman–Crippen MR) is 121 cm³/mol. The van der Waals surface area contributed by atoms with Crippen LogP contribution in [0.1, 0.15) is 0 Å². The Bertz CT molecular complexity index is 1410. The first kappa shape index (κ1) is 19.4. The lowest BCUT2D eigenvalue weighted by Crippen LogP contribution is -2.37. The molecule has 0 amide bonds. The summed E-state index contributed by atoms with van der Waals surface area (Å²) in [6.45, 7) is 2.79. The highest BCUT2D eigenvalue weighted by Crippen LogP contribution is 2.30. The van der Waals surface area contributed by atoms with Crippen LogP contribution in [0.5, 0.6) is 5.88 Å². The molecule has 33 heavy (non-hydrogen) atoms. The third kappa shape index (κ3) is 3.56. The molecule has 0 radical (unpaired) electrons. The summed E-state index contributed by atoms with van der Waals surface area (Å²) in [4.78, 5) is 15.2. The molecule has 6 rings (SSSR count). The normalized spacial score (nSPS) is 14.1. The monoisotopic (exact) mass is 440 g/mol. The minimum absolute atomic E-state index is 0.0126. The fourth-order valence-electron chi connectivity index (χ4n) is 3.94. The summed E-state index contributed by atoms with van der Waals surface area (Å²) in [5.41, 5.74) is 4.32. The molecule has 0 atom stereocenters. The van der Waals surface area contributed by atoms with E-state index < -0.39 is 0 Å². The molecule has 1 aliphatic heterocycles. The van der Waals surface area contributed by atoms with Crippen molar-refractivity contribution < 1.29 is 9.84 Å². The molecule has 10 nitrogen and oxygen atoms in total. The Labute approximate surface area is 188 Å². The number of aromatic hydroxyl groups is 1. The van der Waals surface area contributed by atoms with E-state index >= 15 is 0 Å². The van der Waals surface area contributed by atoms with Crippen molar-refractivity contribution in [1.29, 1.82) is 0 Å². The van der Waals surface area contributed by atoms with Crippen molar-refractivity contribution in [3.05, 3.63) is 67.3 Å². The molecule has 0 unspecified atom stereocenters. The van der Waals surface area contributed by atoms with Gasteiger partial charge < -0.3 is 14.7 Å². The molecule has 5 aromatic rings. The molecule has 5 aromatic heterocycles. The number of anilines is 1. The maximum Gasteiger partial charge on any atom is 0.214 e. The van der Waals surface area contributed by atoms with Crippen LogP contribution in [0.4, 0.5) is 5.82 Å². The molecule has 164 valence electrons. The summed E-state index contributed by atoms with van der Waals surface area (Å²) in [5.74, 6) is 0.910. The van der Waals surface area contributed by atoms with E-state index in [1.54, 1.807) is 36.9 Å². The van der Waals surface area contributed by atoms with Gasteiger partial charge in [-0.3, -0.25) is 9.97 Å². The second-order valence-corrected chi connectivity index (χ2v) is 7.65. The van der Waals surface area contributed by atoms with Gasteiger partial charge in [0.05, 0.1) is 36.5 Å². The van der Waals surface area contributed by atoms with Crippen LogP contribution in [0.25, 0.3) is 34.0 Å². The summed E-state index contributed by atoms with van der Waals surface area (Å²) < 4.78 is 8.84. The molecule has 6 heterocycles. The number of nitrogens with zero attached hydrogens (tertiary/aromatic N) is 8. The third-order valence-electron chi connectivity index (χ3n) is 5.56. The van der Waals surface area contributed by atoms with Gasteiger partial charge in [0.25, 0.3) is 0 Å². The highest BCUT2D eigenvalue weighted by Gasteiger charge is 2.20. The Morgan fingerprint density at radius 2 is 1.70 bits per heavy atom. The molecular weight excluding hydrogens is 420 g/mol. The Kier molecular flexibility index (Phi) is 4.69. The summed E-state index contributed by atoms with van der Waals surface area (Å²) in [5, 5.41) is 19.9. The highest BCUT2D eigenvalue weighted by atomic mass is 16.5. The lowest BCUT2D eigenvalue weighted by atomic mass is 10.2. The lowest BCUT2D eigenvalue weighted by Gasteiger charge is -2.29. The Morgan fingerprint density at radius 3 is 2.48 bits per heavy atom. The van der Waals surface area contributed by atoms with Gasteiger partial charge in [-0.25, -0.2) is 4.98 Å². The second kappa shape index (κ2) is 7.99. The molecule has 0 aliphatic carbocycles. The molecule has 10 heteroatoms. The third-order valence-corrected chi connectivity index (χ3v) is 5.56. The zero-order valence-electron chi connectivity index (χ0n) is 17.6. The molecule has 1 aliphatic rings. The standard InChI is InChI=1S/C23H20N8O2/c32-23-14-20(28-30(23)17-2-1-5-25-15-17)19-13-22(29-8-10-33-11-9-29)31-21(26-19)12-18(27-31)16-3-6-24-7-4-16/h1-7,12-15,32H,8-11H2. The van der Waals surface area contributed by atoms with Crippen LogP contribution in [0.15, 0.2) is 67.3 Å². The van der Waals surface area contributed by atoms with E-state index in [1.165, 1.54) is 4.68 Å². The van der Waals surface area contributed by atoms with E-state index in [-0.39, 0.29) is 5.88 Å². The molecule has 0 aromatic carbocycles. The zero-order valence-corrected chi connectivity index (χ0v) is 17.6. The number of rotatable bonds is 4. The van der Waals surface area contributed by atoms with Gasteiger partial charge in [0, 0.05) is 55.4 Å². The Hall–Kier alpha value is -4.31. The van der Waals surface area contributed by atoms with E-state index in [0.717, 1.165) is 30.2 Å². The summed E-state index contributed by atoms with van der Waals surface area (Å²) >= 11 is 0. The van der Waals surface area contributed by atoms with Gasteiger partial charge in [-0.05, 0) is 24.3 Å². The second-order valence-electron chi connectivity index (χ2n) is 7.65. The van der Waals surface area contributed by atoms with Crippen LogP contribution in [-0.2, 0) is 4.74 Å². The van der Waals surface area contributed by atoms with E-state index in [4.69, 9.17) is 14.8 Å². The van der Waals surface area contributed by atoms with E-state index in [9.17, 15) is 5.11 Å². The van der Waals surface area contributed by atoms with Gasteiger partial charge in [-0.1, -0.05) is 0 Å². The molecule has 1 saturated heterocycles. The number of fused-ring (bicyclic) bond motifs is 1. The average Bonchev–Trinajstić information content (AvgIpc) is 3.49. The molecule has 0 saturated carbocycles. The van der Waals surface area contributed by atoms with Gasteiger partial charge >= 0.3 is 0 Å². The number of hydrogen-bond donors (Lipinski definition) is 1. The van der Waals surface area contributed by atoms with Crippen molar-refractivity contribution in [2.75, 3.05) is 31.2 Å². The van der Waals surface area contributed by atoms with Crippen molar-refractivity contribution in [1.82, 2.24) is 34.3 Å². The minimum atomic E-state index is 0.0126. The van der Waals surface area contributed by atoms with Gasteiger partial charge in [0.1, 0.15) is 11.5 Å². The quantitative estimate of drug-likeness (QED) is 0.455. The Balaban J connectivity index is 1.50. The van der Waals surface area contributed by atoms with Gasteiger partial charge in [-0.2, -0.15) is 19.4 Å². The van der Waals surface area contributed by atoms with Crippen LogP contribution >= 0.6 is 0 Å². The number of ether oxygens (including phenoxy) is 1. The number of hydrogen-bond acceptors (Lipinski definition) is 8. The van der Waals surface area contributed by atoms with Crippen LogP contribution in [-0.4, -0.2) is 65.8 Å². The maximum atomic E-state index is 10.5. The molecule has 1 fully saturated rings. The zero-order chi connectivity index (χ0) is 22.2. The predicted octanol–water partition coefficient (Wildman–Crippen LogP) is 2.58. The van der Waals surface area contributed by atoms with Crippen molar-refractivity contribution in [2.24, 2.45) is 0 Å². The first-order chi connectivity index (χ1) is 16.3. The highest BCUT2D eigenvalue weighted by molar-refractivity contribution is 5.70. The topological polar surface area (TPSA) is 106 Å². The van der Waals surface area contributed by atoms with E-state index in [2.05, 4.69) is 20.0 Å². The van der Waals surface area contributed by atoms with Crippen LogP contribution < -0.4 is 4.90 Å². The summed E-state index contributed by atoms with van der Waals surface area (Å²) in [7, 11) is 0. The maximum absolute atomic E-state index is 10.5.